The first-order chi connectivity index (χ1) is 7.08. The van der Waals surface area contributed by atoms with E-state index in [1.807, 2.05) is 14.1 Å². The minimum Gasteiger partial charge on any atom is -0.393 e. The Kier molecular flexibility index (Phi) is 5.56. The summed E-state index contributed by atoms with van der Waals surface area (Å²) in [6.07, 6.45) is 1.36. The quantitative estimate of drug-likeness (QED) is 0.841. The molecule has 0 radical (unpaired) electrons. The Morgan fingerprint density at radius 3 is 2.40 bits per heavy atom. The van der Waals surface area contributed by atoms with E-state index in [1.165, 1.54) is 9.13 Å². The lowest BCUT2D eigenvalue weighted by Crippen LogP contribution is -2.20. The van der Waals surface area contributed by atoms with E-state index < -0.39 is 0 Å². The Morgan fingerprint density at radius 1 is 1.27 bits per heavy atom. The second kappa shape index (κ2) is 6.45. The van der Waals surface area contributed by atoms with Crippen LogP contribution < -0.4 is 0 Å². The summed E-state index contributed by atoms with van der Waals surface area (Å²) in [6.45, 7) is 0.936. The molecular weight excluding hydrogens is 301 g/mol. The maximum absolute atomic E-state index is 9.79. The van der Waals surface area contributed by atoms with Gasteiger partial charge < -0.3 is 10.0 Å². The summed E-state index contributed by atoms with van der Waals surface area (Å²) in [7, 11) is 4.05. The lowest BCUT2D eigenvalue weighted by atomic mass is 10.1. The summed E-state index contributed by atoms with van der Waals surface area (Å²) in [6, 6.07) is 8.32. The Hall–Kier alpha value is -0.130. The third-order valence-corrected chi connectivity index (χ3v) is 3.01. The van der Waals surface area contributed by atoms with E-state index in [4.69, 9.17) is 0 Å². The predicted octanol–water partition coefficient (Wildman–Crippen LogP) is 2.15. The summed E-state index contributed by atoms with van der Waals surface area (Å²) in [5.41, 5.74) is 1.21. The van der Waals surface area contributed by atoms with Crippen LogP contribution in [0.15, 0.2) is 24.3 Å². The van der Waals surface area contributed by atoms with Crippen LogP contribution in [0.25, 0.3) is 0 Å². The van der Waals surface area contributed by atoms with Crippen molar-refractivity contribution in [3.05, 3.63) is 33.4 Å². The molecule has 0 spiro atoms. The number of nitrogens with zero attached hydrogens (tertiary/aromatic N) is 1. The maximum atomic E-state index is 9.79. The lowest BCUT2D eigenvalue weighted by molar-refractivity contribution is 0.152. The molecular formula is C12H18INO. The van der Waals surface area contributed by atoms with Gasteiger partial charge in [0.2, 0.25) is 0 Å². The molecule has 15 heavy (non-hydrogen) atoms. The Labute approximate surface area is 105 Å². The van der Waals surface area contributed by atoms with E-state index in [9.17, 15) is 5.11 Å². The molecule has 0 aromatic heterocycles. The minimum absolute atomic E-state index is 0.229. The van der Waals surface area contributed by atoms with Crippen molar-refractivity contribution in [2.45, 2.75) is 18.9 Å². The van der Waals surface area contributed by atoms with E-state index in [1.54, 1.807) is 0 Å². The summed E-state index contributed by atoms with van der Waals surface area (Å²) in [5.74, 6) is 0. The van der Waals surface area contributed by atoms with Gasteiger partial charge in [-0.1, -0.05) is 12.1 Å². The van der Waals surface area contributed by atoms with Gasteiger partial charge in [0.25, 0.3) is 0 Å². The van der Waals surface area contributed by atoms with Crippen LogP contribution in [0.5, 0.6) is 0 Å². The van der Waals surface area contributed by atoms with Crippen LogP contribution >= 0.6 is 22.6 Å². The molecule has 1 unspecified atom stereocenters. The lowest BCUT2D eigenvalue weighted by Gasteiger charge is -2.14. The summed E-state index contributed by atoms with van der Waals surface area (Å²) in [4.78, 5) is 2.09. The smallest absolute Gasteiger partial charge is 0.0592 e. The highest BCUT2D eigenvalue weighted by atomic mass is 127. The number of halogens is 1. The Balaban J connectivity index is 2.37. The molecule has 3 heteroatoms. The van der Waals surface area contributed by atoms with Crippen LogP contribution in [0, 0.1) is 3.57 Å². The zero-order valence-corrected chi connectivity index (χ0v) is 11.4. The molecule has 0 fully saturated rings. The molecule has 0 aliphatic heterocycles. The van der Waals surface area contributed by atoms with Crippen LogP contribution in [0.4, 0.5) is 0 Å². The monoisotopic (exact) mass is 319 g/mol. The summed E-state index contributed by atoms with van der Waals surface area (Å²) in [5, 5.41) is 9.79. The first-order valence-corrected chi connectivity index (χ1v) is 6.23. The molecule has 0 saturated carbocycles. The highest BCUT2D eigenvalue weighted by Crippen LogP contribution is 2.10. The summed E-state index contributed by atoms with van der Waals surface area (Å²) < 4.78 is 1.24. The molecule has 0 amide bonds. The van der Waals surface area contributed by atoms with Crippen LogP contribution in [0.3, 0.4) is 0 Å². The number of hydrogen-bond acceptors (Lipinski definition) is 2. The topological polar surface area (TPSA) is 23.5 Å². The number of aliphatic hydroxyl groups excluding tert-OH is 1. The predicted molar refractivity (Wildman–Crippen MR) is 72.0 cm³/mol. The van der Waals surface area contributed by atoms with E-state index in [2.05, 4.69) is 51.8 Å². The van der Waals surface area contributed by atoms with E-state index in [0.717, 1.165) is 19.4 Å². The Morgan fingerprint density at radius 2 is 1.87 bits per heavy atom. The fraction of sp³-hybridized carbons (Fsp3) is 0.500. The molecule has 0 aliphatic carbocycles. The highest BCUT2D eigenvalue weighted by molar-refractivity contribution is 14.1. The van der Waals surface area contributed by atoms with Gasteiger partial charge in [0.15, 0.2) is 0 Å². The fourth-order valence-corrected chi connectivity index (χ4v) is 1.76. The molecule has 2 nitrogen and oxygen atoms in total. The third-order valence-electron chi connectivity index (χ3n) is 2.29. The minimum atomic E-state index is -0.229. The molecule has 1 atom stereocenters. The van der Waals surface area contributed by atoms with Gasteiger partial charge in [-0.05, 0) is 73.8 Å². The van der Waals surface area contributed by atoms with Gasteiger partial charge >= 0.3 is 0 Å². The van der Waals surface area contributed by atoms with Gasteiger partial charge in [0.05, 0.1) is 6.10 Å². The van der Waals surface area contributed by atoms with E-state index in [-0.39, 0.29) is 6.10 Å². The van der Waals surface area contributed by atoms with E-state index in [0.29, 0.717) is 0 Å². The first-order valence-electron chi connectivity index (χ1n) is 5.15. The van der Waals surface area contributed by atoms with Crippen molar-refractivity contribution in [3.63, 3.8) is 0 Å². The second-order valence-electron chi connectivity index (χ2n) is 4.08. The maximum Gasteiger partial charge on any atom is 0.0592 e. The van der Waals surface area contributed by atoms with Gasteiger partial charge in [-0.3, -0.25) is 0 Å². The second-order valence-corrected chi connectivity index (χ2v) is 5.32. The fourth-order valence-electron chi connectivity index (χ4n) is 1.40. The van der Waals surface area contributed by atoms with Crippen molar-refractivity contribution in [2.75, 3.05) is 20.6 Å². The first kappa shape index (κ1) is 12.9. The molecule has 0 aliphatic rings. The van der Waals surface area contributed by atoms with Gasteiger partial charge in [-0.15, -0.1) is 0 Å². The highest BCUT2D eigenvalue weighted by Gasteiger charge is 2.05. The molecule has 1 N–H and O–H groups in total. The van der Waals surface area contributed by atoms with Crippen molar-refractivity contribution in [1.29, 1.82) is 0 Å². The van der Waals surface area contributed by atoms with Gasteiger partial charge in [-0.25, -0.2) is 0 Å². The molecule has 0 bridgehead atoms. The van der Waals surface area contributed by atoms with E-state index >= 15 is 0 Å². The van der Waals surface area contributed by atoms with Crippen molar-refractivity contribution in [2.24, 2.45) is 0 Å². The van der Waals surface area contributed by atoms with Gasteiger partial charge in [-0.2, -0.15) is 0 Å². The molecule has 1 aromatic rings. The van der Waals surface area contributed by atoms with Crippen molar-refractivity contribution < 1.29 is 5.11 Å². The number of aliphatic hydroxyl groups is 1. The van der Waals surface area contributed by atoms with Crippen LogP contribution in [0.2, 0.25) is 0 Å². The normalized spacial score (nSPS) is 13.1. The average Bonchev–Trinajstić information content (AvgIpc) is 2.19. The van der Waals surface area contributed by atoms with Crippen molar-refractivity contribution in [3.8, 4) is 0 Å². The largest absolute Gasteiger partial charge is 0.393 e. The molecule has 1 aromatic carbocycles. The zero-order valence-electron chi connectivity index (χ0n) is 9.28. The number of hydrogen-bond donors (Lipinski definition) is 1. The van der Waals surface area contributed by atoms with Crippen molar-refractivity contribution in [1.82, 2.24) is 4.90 Å². The van der Waals surface area contributed by atoms with Crippen LogP contribution in [-0.2, 0) is 6.42 Å². The van der Waals surface area contributed by atoms with Crippen molar-refractivity contribution >= 4 is 22.6 Å². The van der Waals surface area contributed by atoms with Gasteiger partial charge in [0, 0.05) is 3.57 Å². The molecule has 0 saturated heterocycles. The number of benzene rings is 1. The van der Waals surface area contributed by atoms with Gasteiger partial charge in [0.1, 0.15) is 0 Å². The Bertz CT molecular complexity index is 284. The molecule has 84 valence electrons. The zero-order chi connectivity index (χ0) is 11.3. The molecule has 1 rings (SSSR count). The number of rotatable bonds is 5. The third kappa shape index (κ3) is 5.49. The van der Waals surface area contributed by atoms with Crippen LogP contribution in [0.1, 0.15) is 12.0 Å². The SMILES string of the molecule is CN(C)CCC(O)Cc1ccc(I)cc1. The van der Waals surface area contributed by atoms with Crippen LogP contribution in [-0.4, -0.2) is 36.8 Å². The summed E-state index contributed by atoms with van der Waals surface area (Å²) >= 11 is 2.29. The molecule has 0 heterocycles. The average molecular weight is 319 g/mol. The standard InChI is InChI=1S/C12H18INO/c1-14(2)8-7-12(15)9-10-3-5-11(13)6-4-10/h3-6,12,15H,7-9H2,1-2H3.